The average Bonchev–Trinajstić information content (AvgIpc) is 3.45. The van der Waals surface area contributed by atoms with Gasteiger partial charge in [-0.25, -0.2) is 28.7 Å². The van der Waals surface area contributed by atoms with Crippen molar-refractivity contribution in [3.05, 3.63) is 95.1 Å². The SMILES string of the molecule is CC1(c2ccc(F)c(O)c2)C(=O)Nc2nc(-c3cn4ccnc4c(Cc4ccccc4F)n3)nc(N)c21. The van der Waals surface area contributed by atoms with Crippen molar-refractivity contribution < 1.29 is 18.7 Å². The molecule has 6 rings (SSSR count). The lowest BCUT2D eigenvalue weighted by atomic mass is 9.77. The van der Waals surface area contributed by atoms with Gasteiger partial charge in [0.1, 0.15) is 28.6 Å². The zero-order chi connectivity index (χ0) is 25.9. The molecular weight excluding hydrogens is 480 g/mol. The lowest BCUT2D eigenvalue weighted by molar-refractivity contribution is -0.119. The topological polar surface area (TPSA) is 131 Å². The van der Waals surface area contributed by atoms with E-state index in [4.69, 9.17) is 5.73 Å². The fourth-order valence-corrected chi connectivity index (χ4v) is 4.67. The summed E-state index contributed by atoms with van der Waals surface area (Å²) in [5.41, 5.74) is 7.48. The van der Waals surface area contributed by atoms with Crippen molar-refractivity contribution in [2.24, 2.45) is 0 Å². The fourth-order valence-electron chi connectivity index (χ4n) is 4.67. The van der Waals surface area contributed by atoms with E-state index in [1.165, 1.54) is 18.2 Å². The number of nitrogens with zero attached hydrogens (tertiary/aromatic N) is 5. The van der Waals surface area contributed by atoms with Gasteiger partial charge in [0.25, 0.3) is 0 Å². The maximum atomic E-state index is 14.4. The molecule has 0 radical (unpaired) electrons. The molecule has 5 aromatic rings. The van der Waals surface area contributed by atoms with Crippen molar-refractivity contribution in [1.82, 2.24) is 24.3 Å². The molecule has 0 aliphatic carbocycles. The molecular formula is C26H19F2N7O2. The molecule has 1 unspecified atom stereocenters. The zero-order valence-corrected chi connectivity index (χ0v) is 19.4. The number of phenolic OH excluding ortho intramolecular Hbond substituents is 1. The lowest BCUT2D eigenvalue weighted by Crippen LogP contribution is -2.33. The number of carbonyl (C=O) groups excluding carboxylic acids is 1. The van der Waals surface area contributed by atoms with Gasteiger partial charge in [-0.05, 0) is 36.2 Å². The first-order chi connectivity index (χ1) is 17.8. The van der Waals surface area contributed by atoms with Crippen molar-refractivity contribution in [2.45, 2.75) is 18.8 Å². The number of halogens is 2. The Kier molecular flexibility index (Phi) is 4.90. The molecule has 1 atom stereocenters. The Balaban J connectivity index is 1.47. The highest BCUT2D eigenvalue weighted by atomic mass is 19.1. The first-order valence-electron chi connectivity index (χ1n) is 11.3. The van der Waals surface area contributed by atoms with Gasteiger partial charge in [-0.2, -0.15) is 0 Å². The number of nitrogens with two attached hydrogens (primary N) is 1. The third kappa shape index (κ3) is 3.46. The van der Waals surface area contributed by atoms with Crippen molar-refractivity contribution in [3.63, 3.8) is 0 Å². The zero-order valence-electron chi connectivity index (χ0n) is 19.4. The summed E-state index contributed by atoms with van der Waals surface area (Å²) in [6, 6.07) is 10.1. The minimum Gasteiger partial charge on any atom is -0.505 e. The largest absolute Gasteiger partial charge is 0.505 e. The van der Waals surface area contributed by atoms with Gasteiger partial charge in [0.05, 0.1) is 11.3 Å². The molecule has 0 saturated heterocycles. The van der Waals surface area contributed by atoms with Crippen LogP contribution in [0.3, 0.4) is 0 Å². The number of hydrogen-bond acceptors (Lipinski definition) is 7. The summed E-state index contributed by atoms with van der Waals surface area (Å²) in [6.45, 7) is 1.60. The Labute approximate surface area is 208 Å². The van der Waals surface area contributed by atoms with E-state index >= 15 is 0 Å². The summed E-state index contributed by atoms with van der Waals surface area (Å²) in [5, 5.41) is 12.6. The molecule has 37 heavy (non-hydrogen) atoms. The van der Waals surface area contributed by atoms with Crippen LogP contribution in [0.4, 0.5) is 20.4 Å². The molecule has 1 aliphatic heterocycles. The summed E-state index contributed by atoms with van der Waals surface area (Å²) in [4.78, 5) is 31.1. The molecule has 11 heteroatoms. The second kappa shape index (κ2) is 8.05. The van der Waals surface area contributed by atoms with E-state index in [1.807, 2.05) is 0 Å². The van der Waals surface area contributed by atoms with E-state index in [1.54, 1.807) is 48.1 Å². The Morgan fingerprint density at radius 1 is 1.11 bits per heavy atom. The Bertz CT molecular complexity index is 1740. The molecule has 4 heterocycles. The van der Waals surface area contributed by atoms with Gasteiger partial charge in [-0.15, -0.1) is 0 Å². The normalized spacial score (nSPS) is 16.7. The standard InChI is InChI=1S/C26H19F2N7O2/c1-26(14-6-7-16(28)19(36)11-14)20-21(29)32-22(33-23(20)34-25(26)37)18-12-35-9-8-30-24(35)17(31-18)10-13-4-2-3-5-15(13)27/h2-9,11-12,36H,10H2,1H3,(H3,29,32,33,34,37). The van der Waals surface area contributed by atoms with Crippen LogP contribution in [0.2, 0.25) is 0 Å². The molecule has 0 spiro atoms. The number of rotatable bonds is 4. The average molecular weight is 499 g/mol. The van der Waals surface area contributed by atoms with Crippen molar-refractivity contribution in [3.8, 4) is 17.3 Å². The lowest BCUT2D eigenvalue weighted by Gasteiger charge is -2.23. The predicted molar refractivity (Wildman–Crippen MR) is 131 cm³/mol. The number of phenols is 1. The van der Waals surface area contributed by atoms with Crippen molar-refractivity contribution in [1.29, 1.82) is 0 Å². The smallest absolute Gasteiger partial charge is 0.240 e. The van der Waals surface area contributed by atoms with Gasteiger partial charge in [-0.1, -0.05) is 24.3 Å². The van der Waals surface area contributed by atoms with E-state index in [-0.39, 0.29) is 29.7 Å². The summed E-state index contributed by atoms with van der Waals surface area (Å²) in [6.07, 6.45) is 5.18. The number of carbonyl (C=O) groups is 1. The van der Waals surface area contributed by atoms with Crippen LogP contribution >= 0.6 is 0 Å². The second-order valence-corrected chi connectivity index (χ2v) is 8.90. The number of imidazole rings is 1. The number of fused-ring (bicyclic) bond motifs is 2. The minimum atomic E-state index is -1.36. The number of nitrogen functional groups attached to an aromatic ring is 1. The second-order valence-electron chi connectivity index (χ2n) is 8.90. The quantitative estimate of drug-likeness (QED) is 0.344. The van der Waals surface area contributed by atoms with Crippen molar-refractivity contribution in [2.75, 3.05) is 11.1 Å². The van der Waals surface area contributed by atoms with E-state index in [0.717, 1.165) is 6.07 Å². The molecule has 4 N–H and O–H groups in total. The monoisotopic (exact) mass is 499 g/mol. The van der Waals surface area contributed by atoms with E-state index in [2.05, 4.69) is 25.3 Å². The molecule has 184 valence electrons. The summed E-state index contributed by atoms with van der Waals surface area (Å²) >= 11 is 0. The van der Waals surface area contributed by atoms with Gasteiger partial charge in [-0.3, -0.25) is 4.79 Å². The van der Waals surface area contributed by atoms with Gasteiger partial charge in [0, 0.05) is 25.0 Å². The number of aromatic nitrogens is 5. The number of amides is 1. The van der Waals surface area contributed by atoms with E-state index < -0.39 is 22.9 Å². The van der Waals surface area contributed by atoms with E-state index in [0.29, 0.717) is 33.7 Å². The third-order valence-electron chi connectivity index (χ3n) is 6.63. The van der Waals surface area contributed by atoms with Gasteiger partial charge < -0.3 is 20.6 Å². The van der Waals surface area contributed by atoms with Crippen LogP contribution in [-0.2, 0) is 16.6 Å². The number of aromatic hydroxyl groups is 1. The third-order valence-corrected chi connectivity index (χ3v) is 6.63. The number of nitrogens with one attached hydrogen (secondary N) is 1. The minimum absolute atomic E-state index is 0.0212. The van der Waals surface area contributed by atoms with Gasteiger partial charge in [0.15, 0.2) is 23.0 Å². The first kappa shape index (κ1) is 22.5. The maximum absolute atomic E-state index is 14.4. The summed E-state index contributed by atoms with van der Waals surface area (Å²) in [7, 11) is 0. The van der Waals surface area contributed by atoms with Crippen LogP contribution in [0.1, 0.15) is 29.3 Å². The van der Waals surface area contributed by atoms with E-state index in [9.17, 15) is 18.7 Å². The van der Waals surface area contributed by atoms with Crippen LogP contribution in [0.5, 0.6) is 5.75 Å². The molecule has 1 aliphatic rings. The highest BCUT2D eigenvalue weighted by Gasteiger charge is 2.48. The highest BCUT2D eigenvalue weighted by molar-refractivity contribution is 6.09. The predicted octanol–water partition coefficient (Wildman–Crippen LogP) is 3.60. The van der Waals surface area contributed by atoms with Gasteiger partial charge in [0.2, 0.25) is 5.91 Å². The first-order valence-corrected chi connectivity index (χ1v) is 11.3. The van der Waals surface area contributed by atoms with Gasteiger partial charge >= 0.3 is 0 Å². The fraction of sp³-hybridized carbons (Fsp3) is 0.115. The van der Waals surface area contributed by atoms with Crippen LogP contribution in [0.25, 0.3) is 17.2 Å². The molecule has 2 aromatic carbocycles. The Morgan fingerprint density at radius 3 is 2.70 bits per heavy atom. The molecule has 0 bridgehead atoms. The van der Waals surface area contributed by atoms with Crippen LogP contribution < -0.4 is 11.1 Å². The maximum Gasteiger partial charge on any atom is 0.240 e. The molecule has 9 nitrogen and oxygen atoms in total. The van der Waals surface area contributed by atoms with Crippen LogP contribution in [0, 0.1) is 11.6 Å². The molecule has 1 amide bonds. The number of benzene rings is 2. The van der Waals surface area contributed by atoms with Crippen LogP contribution in [-0.4, -0.2) is 35.4 Å². The molecule has 0 saturated carbocycles. The summed E-state index contributed by atoms with van der Waals surface area (Å²) in [5.74, 6) is -1.85. The number of anilines is 2. The molecule has 0 fully saturated rings. The Hall–Kier alpha value is -4.93. The molecule has 3 aromatic heterocycles. The highest BCUT2D eigenvalue weighted by Crippen LogP contribution is 2.45. The Morgan fingerprint density at radius 2 is 1.92 bits per heavy atom. The number of hydrogen-bond donors (Lipinski definition) is 3. The van der Waals surface area contributed by atoms with Crippen molar-refractivity contribution >= 4 is 23.2 Å². The van der Waals surface area contributed by atoms with Crippen LogP contribution in [0.15, 0.2) is 61.1 Å². The summed E-state index contributed by atoms with van der Waals surface area (Å²) < 4.78 is 29.8.